The van der Waals surface area contributed by atoms with Crippen molar-refractivity contribution in [1.82, 2.24) is 10.2 Å². The minimum atomic E-state index is -0.338. The van der Waals surface area contributed by atoms with Crippen LogP contribution in [0.5, 0.6) is 0 Å². The number of nitrogens with zero attached hydrogens (tertiary/aromatic N) is 2. The number of carbonyl (C=O) groups is 1. The Kier molecular flexibility index (Phi) is 5.49. The highest BCUT2D eigenvalue weighted by Gasteiger charge is 1.99. The lowest BCUT2D eigenvalue weighted by Crippen LogP contribution is -2.01. The zero-order chi connectivity index (χ0) is 11.1. The van der Waals surface area contributed by atoms with Crippen LogP contribution in [0.4, 0.5) is 0 Å². The zero-order valence-corrected chi connectivity index (χ0v) is 10.7. The second-order valence-electron chi connectivity index (χ2n) is 2.75. The first-order valence-electron chi connectivity index (χ1n) is 4.56. The van der Waals surface area contributed by atoms with Crippen molar-refractivity contribution in [1.29, 1.82) is 0 Å². The van der Waals surface area contributed by atoms with E-state index in [4.69, 9.17) is 4.74 Å². The van der Waals surface area contributed by atoms with Gasteiger partial charge in [-0.3, -0.25) is 0 Å². The molecule has 0 unspecified atom stereocenters. The van der Waals surface area contributed by atoms with E-state index in [1.165, 1.54) is 17.4 Å². The summed E-state index contributed by atoms with van der Waals surface area (Å²) in [6, 6.07) is 0. The number of aromatic nitrogens is 2. The third-order valence-corrected chi connectivity index (χ3v) is 2.84. The highest BCUT2D eigenvalue weighted by molar-refractivity contribution is 9.11. The van der Waals surface area contributed by atoms with Crippen LogP contribution < -0.4 is 0 Å². The summed E-state index contributed by atoms with van der Waals surface area (Å²) in [5, 5.41) is 8.24. The number of hydrogen-bond donors (Lipinski definition) is 0. The molecule has 1 aromatic rings. The Morgan fingerprint density at radius 2 is 2.40 bits per heavy atom. The van der Waals surface area contributed by atoms with Crippen LogP contribution in [-0.4, -0.2) is 22.8 Å². The van der Waals surface area contributed by atoms with E-state index in [9.17, 15) is 4.79 Å². The molecule has 82 valence electrons. The van der Waals surface area contributed by atoms with Gasteiger partial charge in [0, 0.05) is 6.08 Å². The fourth-order valence-corrected chi connectivity index (χ4v) is 1.84. The van der Waals surface area contributed by atoms with Crippen molar-refractivity contribution in [3.05, 3.63) is 15.0 Å². The SMILES string of the molecule is CCCCOC(=O)/C=C/c1nnc(Br)s1. The molecule has 15 heavy (non-hydrogen) atoms. The first-order valence-corrected chi connectivity index (χ1v) is 6.17. The first-order chi connectivity index (χ1) is 7.22. The fraction of sp³-hybridized carbons (Fsp3) is 0.444. The summed E-state index contributed by atoms with van der Waals surface area (Å²) < 4.78 is 5.63. The molecule has 0 aliphatic carbocycles. The Hall–Kier alpha value is -0.750. The average molecular weight is 291 g/mol. The van der Waals surface area contributed by atoms with Gasteiger partial charge in [-0.2, -0.15) is 0 Å². The molecule has 1 rings (SSSR count). The molecule has 0 aliphatic rings. The molecule has 0 spiro atoms. The molecule has 0 saturated carbocycles. The summed E-state index contributed by atoms with van der Waals surface area (Å²) >= 11 is 4.54. The second-order valence-corrected chi connectivity index (χ2v) is 5.03. The van der Waals surface area contributed by atoms with Crippen molar-refractivity contribution in [2.24, 2.45) is 0 Å². The van der Waals surface area contributed by atoms with Gasteiger partial charge in [0.05, 0.1) is 6.61 Å². The molecule has 0 radical (unpaired) electrons. The van der Waals surface area contributed by atoms with Crippen LogP contribution in [0.25, 0.3) is 6.08 Å². The van der Waals surface area contributed by atoms with E-state index >= 15 is 0 Å². The highest BCUT2D eigenvalue weighted by atomic mass is 79.9. The van der Waals surface area contributed by atoms with Gasteiger partial charge in [-0.25, -0.2) is 4.79 Å². The largest absolute Gasteiger partial charge is 0.463 e. The monoisotopic (exact) mass is 290 g/mol. The van der Waals surface area contributed by atoms with E-state index in [0.717, 1.165) is 12.8 Å². The van der Waals surface area contributed by atoms with E-state index < -0.39 is 0 Å². The van der Waals surface area contributed by atoms with Crippen molar-refractivity contribution >= 4 is 39.3 Å². The normalized spacial score (nSPS) is 10.8. The molecule has 0 aromatic carbocycles. The van der Waals surface area contributed by atoms with Crippen molar-refractivity contribution in [3.63, 3.8) is 0 Å². The van der Waals surface area contributed by atoms with Gasteiger partial charge in [-0.15, -0.1) is 10.2 Å². The highest BCUT2D eigenvalue weighted by Crippen LogP contribution is 2.16. The molecule has 1 heterocycles. The van der Waals surface area contributed by atoms with Crippen LogP contribution in [0.15, 0.2) is 9.99 Å². The maximum absolute atomic E-state index is 11.1. The van der Waals surface area contributed by atoms with Crippen molar-refractivity contribution in [2.75, 3.05) is 6.61 Å². The van der Waals surface area contributed by atoms with Crippen molar-refractivity contribution < 1.29 is 9.53 Å². The molecular formula is C9H11BrN2O2S. The maximum Gasteiger partial charge on any atom is 0.330 e. The van der Waals surface area contributed by atoms with E-state index in [0.29, 0.717) is 15.5 Å². The van der Waals surface area contributed by atoms with Gasteiger partial charge < -0.3 is 4.74 Å². The molecule has 0 fully saturated rings. The number of halogens is 1. The predicted molar refractivity (Wildman–Crippen MR) is 62.5 cm³/mol. The standard InChI is InChI=1S/C9H11BrN2O2S/c1-2-3-6-14-8(13)5-4-7-11-12-9(10)15-7/h4-5H,2-3,6H2,1H3/b5-4+. The van der Waals surface area contributed by atoms with E-state index in [2.05, 4.69) is 26.1 Å². The molecule has 0 aliphatic heterocycles. The molecule has 1 aromatic heterocycles. The molecule has 0 amide bonds. The predicted octanol–water partition coefficient (Wildman–Crippen LogP) is 2.66. The van der Waals surface area contributed by atoms with E-state index in [1.54, 1.807) is 6.08 Å². The second kappa shape index (κ2) is 6.68. The Labute approximate surface area is 100 Å². The topological polar surface area (TPSA) is 52.1 Å². The van der Waals surface area contributed by atoms with E-state index in [1.807, 2.05) is 6.92 Å². The summed E-state index contributed by atoms with van der Waals surface area (Å²) in [4.78, 5) is 11.1. The van der Waals surface area contributed by atoms with Crippen LogP contribution >= 0.6 is 27.3 Å². The Bertz CT molecular complexity index is 352. The lowest BCUT2D eigenvalue weighted by Gasteiger charge is -1.98. The van der Waals surface area contributed by atoms with Gasteiger partial charge in [0.2, 0.25) is 0 Å². The van der Waals surface area contributed by atoms with E-state index in [-0.39, 0.29) is 5.97 Å². The van der Waals surface area contributed by atoms with Crippen LogP contribution in [0.2, 0.25) is 0 Å². The third-order valence-electron chi connectivity index (χ3n) is 1.52. The third kappa shape index (κ3) is 5.03. The molecule has 0 atom stereocenters. The van der Waals surface area contributed by atoms with Gasteiger partial charge in [0.15, 0.2) is 3.92 Å². The van der Waals surface area contributed by atoms with Gasteiger partial charge in [0.1, 0.15) is 5.01 Å². The lowest BCUT2D eigenvalue weighted by molar-refractivity contribution is -0.137. The Morgan fingerprint density at radius 1 is 1.60 bits per heavy atom. The average Bonchev–Trinajstić information content (AvgIpc) is 2.62. The number of carbonyl (C=O) groups excluding carboxylic acids is 1. The molecular weight excluding hydrogens is 280 g/mol. The maximum atomic E-state index is 11.1. The minimum absolute atomic E-state index is 0.338. The Morgan fingerprint density at radius 3 is 3.00 bits per heavy atom. The van der Waals surface area contributed by atoms with Crippen LogP contribution in [0.1, 0.15) is 24.8 Å². The first kappa shape index (κ1) is 12.3. The summed E-state index contributed by atoms with van der Waals surface area (Å²) in [5.74, 6) is -0.338. The van der Waals surface area contributed by atoms with Gasteiger partial charge in [-0.05, 0) is 28.4 Å². The number of hydrogen-bond acceptors (Lipinski definition) is 5. The van der Waals surface area contributed by atoms with Crippen LogP contribution in [0, 0.1) is 0 Å². The van der Waals surface area contributed by atoms with Crippen LogP contribution in [0.3, 0.4) is 0 Å². The number of rotatable bonds is 5. The Balaban J connectivity index is 2.34. The smallest absolute Gasteiger partial charge is 0.330 e. The van der Waals surface area contributed by atoms with Gasteiger partial charge in [-0.1, -0.05) is 24.7 Å². The molecule has 0 N–H and O–H groups in total. The van der Waals surface area contributed by atoms with Crippen LogP contribution in [-0.2, 0) is 9.53 Å². The fourth-order valence-electron chi connectivity index (χ4n) is 0.788. The summed E-state index contributed by atoms with van der Waals surface area (Å²) in [6.07, 6.45) is 4.86. The number of unbranched alkanes of at least 4 members (excludes halogenated alkanes) is 1. The zero-order valence-electron chi connectivity index (χ0n) is 8.27. The molecule has 6 heteroatoms. The summed E-state index contributed by atoms with van der Waals surface area (Å²) in [7, 11) is 0. The molecule has 0 bridgehead atoms. The lowest BCUT2D eigenvalue weighted by atomic mass is 10.4. The number of esters is 1. The summed E-state index contributed by atoms with van der Waals surface area (Å²) in [6.45, 7) is 2.52. The van der Waals surface area contributed by atoms with Gasteiger partial charge in [0.25, 0.3) is 0 Å². The van der Waals surface area contributed by atoms with Crippen molar-refractivity contribution in [2.45, 2.75) is 19.8 Å². The summed E-state index contributed by atoms with van der Waals surface area (Å²) in [5.41, 5.74) is 0. The van der Waals surface area contributed by atoms with Gasteiger partial charge >= 0.3 is 5.97 Å². The molecule has 0 saturated heterocycles. The molecule has 4 nitrogen and oxygen atoms in total. The quantitative estimate of drug-likeness (QED) is 0.475. The van der Waals surface area contributed by atoms with Crippen molar-refractivity contribution in [3.8, 4) is 0 Å². The number of ether oxygens (including phenoxy) is 1. The minimum Gasteiger partial charge on any atom is -0.463 e.